The highest BCUT2D eigenvalue weighted by Crippen LogP contribution is 2.48. The summed E-state index contributed by atoms with van der Waals surface area (Å²) >= 11 is 0. The minimum absolute atomic E-state index is 0.00601. The van der Waals surface area contributed by atoms with Gasteiger partial charge >= 0.3 is 0 Å². The highest BCUT2D eigenvalue weighted by atomic mass is 16.5. The maximum absolute atomic E-state index is 12.5. The summed E-state index contributed by atoms with van der Waals surface area (Å²) in [5, 5.41) is 2.95. The summed E-state index contributed by atoms with van der Waals surface area (Å²) in [6.45, 7) is 0. The minimum Gasteiger partial charge on any atom is -0.493 e. The van der Waals surface area contributed by atoms with E-state index in [0.29, 0.717) is 28.9 Å². The van der Waals surface area contributed by atoms with Gasteiger partial charge in [-0.1, -0.05) is 30.3 Å². The summed E-state index contributed by atoms with van der Waals surface area (Å²) in [6.07, 6.45) is 0.875. The van der Waals surface area contributed by atoms with Crippen LogP contribution in [0.3, 0.4) is 0 Å². The number of hydrogen-bond acceptors (Lipinski definition) is 4. The lowest BCUT2D eigenvalue weighted by atomic mass is 10.1. The van der Waals surface area contributed by atoms with Crippen molar-refractivity contribution in [2.75, 3.05) is 26.6 Å². The lowest BCUT2D eigenvalue weighted by Crippen LogP contribution is -2.14. The van der Waals surface area contributed by atoms with E-state index < -0.39 is 0 Å². The van der Waals surface area contributed by atoms with Crippen molar-refractivity contribution in [2.45, 2.75) is 12.3 Å². The lowest BCUT2D eigenvalue weighted by Gasteiger charge is -2.14. The van der Waals surface area contributed by atoms with Crippen LogP contribution in [0.1, 0.15) is 17.9 Å². The number of carbonyl (C=O) groups excluding carboxylic acids is 1. The second-order valence-electron chi connectivity index (χ2n) is 5.76. The number of anilines is 1. The summed E-state index contributed by atoms with van der Waals surface area (Å²) in [7, 11) is 4.65. The van der Waals surface area contributed by atoms with Crippen LogP contribution in [-0.2, 0) is 4.79 Å². The Kier molecular flexibility index (Phi) is 4.60. The van der Waals surface area contributed by atoms with Crippen LogP contribution in [0.15, 0.2) is 42.5 Å². The Morgan fingerprint density at radius 1 is 1.00 bits per heavy atom. The number of methoxy groups -OCH3 is 3. The van der Waals surface area contributed by atoms with Crippen LogP contribution in [-0.4, -0.2) is 27.2 Å². The summed E-state index contributed by atoms with van der Waals surface area (Å²) in [4.78, 5) is 12.5. The third-order valence-electron chi connectivity index (χ3n) is 4.29. The van der Waals surface area contributed by atoms with Crippen molar-refractivity contribution in [3.8, 4) is 17.2 Å². The smallest absolute Gasteiger partial charge is 0.228 e. The van der Waals surface area contributed by atoms with Gasteiger partial charge in [-0.3, -0.25) is 4.79 Å². The fraction of sp³-hybridized carbons (Fsp3) is 0.316. The first kappa shape index (κ1) is 16.2. The lowest BCUT2D eigenvalue weighted by molar-refractivity contribution is -0.117. The summed E-state index contributed by atoms with van der Waals surface area (Å²) in [6, 6.07) is 13.6. The standard InChI is InChI=1S/C19H21NO4/c1-22-16-9-13(10-17(23-2)18(16)24-3)20-19(21)15-11-14(15)12-7-5-4-6-8-12/h4-10,14-15H,11H2,1-3H3,(H,20,21). The van der Waals surface area contributed by atoms with Crippen molar-refractivity contribution in [1.29, 1.82) is 0 Å². The number of hydrogen-bond donors (Lipinski definition) is 1. The van der Waals surface area contributed by atoms with Gasteiger partial charge in [0.05, 0.1) is 21.3 Å². The van der Waals surface area contributed by atoms with E-state index in [1.165, 1.54) is 5.56 Å². The van der Waals surface area contributed by atoms with Gasteiger partial charge in [0.15, 0.2) is 11.5 Å². The topological polar surface area (TPSA) is 56.8 Å². The molecule has 5 nitrogen and oxygen atoms in total. The molecule has 2 atom stereocenters. The van der Waals surface area contributed by atoms with E-state index in [2.05, 4.69) is 17.4 Å². The Bertz CT molecular complexity index is 704. The van der Waals surface area contributed by atoms with E-state index in [1.54, 1.807) is 33.5 Å². The van der Waals surface area contributed by atoms with Gasteiger partial charge in [0.1, 0.15) is 0 Å². The zero-order valence-electron chi connectivity index (χ0n) is 14.0. The van der Waals surface area contributed by atoms with Crippen LogP contribution in [0.25, 0.3) is 0 Å². The fourth-order valence-electron chi connectivity index (χ4n) is 2.94. The Hall–Kier alpha value is -2.69. The zero-order valence-corrected chi connectivity index (χ0v) is 14.0. The van der Waals surface area contributed by atoms with Crippen LogP contribution < -0.4 is 19.5 Å². The molecule has 1 fully saturated rings. The van der Waals surface area contributed by atoms with Gasteiger partial charge in [0.2, 0.25) is 11.7 Å². The summed E-state index contributed by atoms with van der Waals surface area (Å²) in [5.41, 5.74) is 1.84. The number of nitrogens with one attached hydrogen (secondary N) is 1. The molecule has 1 N–H and O–H groups in total. The first-order valence-electron chi connectivity index (χ1n) is 7.83. The number of amides is 1. The third-order valence-corrected chi connectivity index (χ3v) is 4.29. The van der Waals surface area contributed by atoms with E-state index in [9.17, 15) is 4.79 Å². The Balaban J connectivity index is 1.73. The van der Waals surface area contributed by atoms with Crippen molar-refractivity contribution in [3.05, 3.63) is 48.0 Å². The molecule has 24 heavy (non-hydrogen) atoms. The van der Waals surface area contributed by atoms with Crippen LogP contribution >= 0.6 is 0 Å². The Labute approximate surface area is 141 Å². The molecular weight excluding hydrogens is 306 g/mol. The summed E-state index contributed by atoms with van der Waals surface area (Å²) < 4.78 is 15.9. The number of ether oxygens (including phenoxy) is 3. The molecule has 0 bridgehead atoms. The van der Waals surface area contributed by atoms with E-state index in [0.717, 1.165) is 6.42 Å². The van der Waals surface area contributed by atoms with Crippen molar-refractivity contribution in [3.63, 3.8) is 0 Å². The molecule has 2 unspecified atom stereocenters. The molecule has 1 saturated carbocycles. The predicted octanol–water partition coefficient (Wildman–Crippen LogP) is 3.45. The first-order chi connectivity index (χ1) is 11.7. The van der Waals surface area contributed by atoms with Crippen molar-refractivity contribution >= 4 is 11.6 Å². The van der Waals surface area contributed by atoms with Gasteiger partial charge in [-0.15, -0.1) is 0 Å². The molecule has 3 rings (SSSR count). The van der Waals surface area contributed by atoms with Gasteiger partial charge in [-0.2, -0.15) is 0 Å². The van der Waals surface area contributed by atoms with Crippen LogP contribution in [0.5, 0.6) is 17.2 Å². The maximum atomic E-state index is 12.5. The maximum Gasteiger partial charge on any atom is 0.228 e. The molecule has 0 aliphatic heterocycles. The quantitative estimate of drug-likeness (QED) is 0.883. The predicted molar refractivity (Wildman–Crippen MR) is 92.0 cm³/mol. The molecule has 0 aromatic heterocycles. The summed E-state index contributed by atoms with van der Waals surface area (Å²) in [5.74, 6) is 1.86. The molecule has 2 aromatic carbocycles. The highest BCUT2D eigenvalue weighted by molar-refractivity contribution is 5.95. The molecule has 5 heteroatoms. The molecule has 2 aromatic rings. The molecule has 0 saturated heterocycles. The number of benzene rings is 2. The molecule has 0 radical (unpaired) electrons. The van der Waals surface area contributed by atoms with Gasteiger partial charge in [0.25, 0.3) is 0 Å². The van der Waals surface area contributed by atoms with Gasteiger partial charge in [-0.25, -0.2) is 0 Å². The molecular formula is C19H21NO4. The van der Waals surface area contributed by atoms with E-state index in [-0.39, 0.29) is 11.8 Å². The van der Waals surface area contributed by atoms with Crippen LogP contribution in [0.4, 0.5) is 5.69 Å². The Morgan fingerprint density at radius 2 is 1.62 bits per heavy atom. The molecule has 0 heterocycles. The highest BCUT2D eigenvalue weighted by Gasteiger charge is 2.43. The van der Waals surface area contributed by atoms with Gasteiger partial charge in [-0.05, 0) is 17.9 Å². The molecule has 0 spiro atoms. The van der Waals surface area contributed by atoms with E-state index >= 15 is 0 Å². The van der Waals surface area contributed by atoms with Crippen molar-refractivity contribution < 1.29 is 19.0 Å². The number of carbonyl (C=O) groups is 1. The normalized spacial score (nSPS) is 18.6. The second-order valence-corrected chi connectivity index (χ2v) is 5.76. The van der Waals surface area contributed by atoms with Crippen LogP contribution in [0.2, 0.25) is 0 Å². The first-order valence-corrected chi connectivity index (χ1v) is 7.83. The zero-order chi connectivity index (χ0) is 17.1. The average molecular weight is 327 g/mol. The Morgan fingerprint density at radius 3 is 2.17 bits per heavy atom. The average Bonchev–Trinajstić information content (AvgIpc) is 3.42. The van der Waals surface area contributed by atoms with E-state index in [4.69, 9.17) is 14.2 Å². The van der Waals surface area contributed by atoms with Gasteiger partial charge in [0, 0.05) is 23.7 Å². The second kappa shape index (κ2) is 6.83. The molecule has 1 aliphatic carbocycles. The van der Waals surface area contributed by atoms with Crippen molar-refractivity contribution in [1.82, 2.24) is 0 Å². The van der Waals surface area contributed by atoms with Crippen molar-refractivity contribution in [2.24, 2.45) is 5.92 Å². The third kappa shape index (κ3) is 3.15. The monoisotopic (exact) mass is 327 g/mol. The molecule has 1 aliphatic rings. The fourth-order valence-corrected chi connectivity index (χ4v) is 2.94. The number of rotatable bonds is 6. The SMILES string of the molecule is COc1cc(NC(=O)C2CC2c2ccccc2)cc(OC)c1OC. The minimum atomic E-state index is 0.00601. The van der Waals surface area contributed by atoms with Gasteiger partial charge < -0.3 is 19.5 Å². The molecule has 126 valence electrons. The van der Waals surface area contributed by atoms with Crippen LogP contribution in [0, 0.1) is 5.92 Å². The van der Waals surface area contributed by atoms with E-state index in [1.807, 2.05) is 18.2 Å². The largest absolute Gasteiger partial charge is 0.493 e. The molecule has 1 amide bonds.